The summed E-state index contributed by atoms with van der Waals surface area (Å²) < 4.78 is 56.4. The summed E-state index contributed by atoms with van der Waals surface area (Å²) >= 11 is 3.48. The van der Waals surface area contributed by atoms with E-state index < -0.39 is 22.0 Å². The Labute approximate surface area is 379 Å². The van der Waals surface area contributed by atoms with Crippen LogP contribution < -0.4 is 26.6 Å². The number of imide groups is 1. The molecule has 2 fully saturated rings. The van der Waals surface area contributed by atoms with Crippen LogP contribution in [0.25, 0.3) is 22.1 Å². The lowest BCUT2D eigenvalue weighted by Crippen LogP contribution is -2.44. The van der Waals surface area contributed by atoms with Gasteiger partial charge in [-0.05, 0) is 109 Å². The van der Waals surface area contributed by atoms with Crippen molar-refractivity contribution in [3.05, 3.63) is 84.6 Å². The first-order valence-electron chi connectivity index (χ1n) is 21.6. The lowest BCUT2D eigenvalue weighted by Gasteiger charge is -2.21. The molecule has 0 radical (unpaired) electrons. The van der Waals surface area contributed by atoms with Crippen LogP contribution in [0.1, 0.15) is 73.7 Å². The summed E-state index contributed by atoms with van der Waals surface area (Å²) in [6.07, 6.45) is 7.70. The lowest BCUT2D eigenvalue weighted by atomic mass is 10.1. The Bertz CT molecular complexity index is 2730. The molecule has 2 aromatic carbocycles. The van der Waals surface area contributed by atoms with Crippen LogP contribution >= 0.6 is 15.9 Å². The molecule has 20 heteroatoms. The third-order valence-corrected chi connectivity index (χ3v) is 14.1. The molecule has 344 valence electrons. The number of carbonyl (C=O) groups excluding carboxylic acids is 2. The van der Waals surface area contributed by atoms with Gasteiger partial charge in [-0.3, -0.25) is 33.4 Å². The quantitative estimate of drug-likeness (QED) is 0.0638. The van der Waals surface area contributed by atoms with Crippen LogP contribution in [0.3, 0.4) is 0 Å². The van der Waals surface area contributed by atoms with Gasteiger partial charge in [0.2, 0.25) is 27.8 Å². The number of hydrogen-bond donors (Lipinski definition) is 3. The average molecular weight is 968 g/mol. The number of halogens is 1. The highest BCUT2D eigenvalue weighted by molar-refractivity contribution is 9.10. The van der Waals surface area contributed by atoms with Crippen LogP contribution in [0.2, 0.25) is 0 Å². The molecule has 4 heterocycles. The number of piperidine rings is 1. The largest absolute Gasteiger partial charge is 0.379 e. The van der Waals surface area contributed by atoms with E-state index in [1.165, 1.54) is 15.2 Å². The zero-order valence-electron chi connectivity index (χ0n) is 36.3. The fourth-order valence-electron chi connectivity index (χ4n) is 8.19. The normalized spacial score (nSPS) is 16.0. The fourth-order valence-corrected chi connectivity index (χ4v) is 9.70. The Morgan fingerprint density at radius 3 is 2.22 bits per heavy atom. The number of aromatic nitrogens is 5. The number of aryl methyl sites for hydroxylation is 4. The predicted octanol–water partition coefficient (Wildman–Crippen LogP) is 4.64. The van der Waals surface area contributed by atoms with Gasteiger partial charge in [0.05, 0.1) is 66.6 Å². The van der Waals surface area contributed by atoms with Crippen LogP contribution in [-0.2, 0) is 52.0 Å². The Balaban J connectivity index is 0.739. The summed E-state index contributed by atoms with van der Waals surface area (Å²) in [6.45, 7) is 6.72. The van der Waals surface area contributed by atoms with Crippen molar-refractivity contribution >= 4 is 71.5 Å². The number of fused-ring (bicyclic) bond motifs is 2. The van der Waals surface area contributed by atoms with Gasteiger partial charge in [0.25, 0.3) is 5.56 Å². The van der Waals surface area contributed by atoms with Gasteiger partial charge in [0.1, 0.15) is 11.7 Å². The molecule has 3 N–H and O–H groups in total. The molecular weight excluding hydrogens is 913 g/mol. The fraction of sp³-hybridized carbons (Fsp3) is 0.500. The van der Waals surface area contributed by atoms with Crippen molar-refractivity contribution in [3.8, 4) is 0 Å². The van der Waals surface area contributed by atoms with Crippen molar-refractivity contribution in [1.82, 2.24) is 33.7 Å². The lowest BCUT2D eigenvalue weighted by molar-refractivity contribution is -0.135. The van der Waals surface area contributed by atoms with Gasteiger partial charge in [-0.15, -0.1) is 0 Å². The number of rotatable bonds is 22. The maximum atomic E-state index is 13.3. The molecule has 1 atom stereocenters. The van der Waals surface area contributed by atoms with E-state index in [0.29, 0.717) is 85.5 Å². The Morgan fingerprint density at radius 2 is 1.53 bits per heavy atom. The van der Waals surface area contributed by atoms with E-state index in [1.54, 1.807) is 36.9 Å². The van der Waals surface area contributed by atoms with Gasteiger partial charge >= 0.3 is 5.69 Å². The van der Waals surface area contributed by atoms with Crippen LogP contribution in [0, 0.1) is 13.8 Å². The SMILES string of the molecule is Cc1cc(S(=O)(=O)NCCOCCOCCOCCOCCCc2ccc3c(c2)n(C)c(=O)n3C2CCC(=O)NC2=O)ccc1Nc1ncc2c(C)c(Br)c(=O)n(C3CCCC3)c2n1. The summed E-state index contributed by atoms with van der Waals surface area (Å²) in [5.41, 5.74) is 4.73. The van der Waals surface area contributed by atoms with Crippen molar-refractivity contribution in [2.24, 2.45) is 7.05 Å². The standard InChI is InChI=1S/C44H55BrN8O10S/c1-28-25-32(11-12-34(28)48-43-46-27-33-29(2)39(45)42(56)52(40(33)50-43)31-8-4-5-9-31)64(58,59)47-16-18-61-20-22-63-24-23-62-21-19-60-17-6-7-30-10-13-35-37(26-30)51(3)44(57)53(35)36-14-15-38(54)49-41(36)55/h10-13,25-27,31,36,47H,4-9,14-24H2,1-3H3,(H,46,48,50)(H,49,54,55). The van der Waals surface area contributed by atoms with E-state index in [2.05, 4.69) is 36.3 Å². The Hall–Kier alpha value is -4.83. The molecular formula is C44H55BrN8O10S. The van der Waals surface area contributed by atoms with E-state index in [1.807, 2.05) is 25.1 Å². The second-order valence-electron chi connectivity index (χ2n) is 16.0. The molecule has 0 spiro atoms. The first kappa shape index (κ1) is 47.1. The van der Waals surface area contributed by atoms with Crippen molar-refractivity contribution in [1.29, 1.82) is 0 Å². The third kappa shape index (κ3) is 11.0. The van der Waals surface area contributed by atoms with E-state index in [9.17, 15) is 27.6 Å². The molecule has 5 aromatic rings. The van der Waals surface area contributed by atoms with Gasteiger partial charge in [-0.25, -0.2) is 22.9 Å². The highest BCUT2D eigenvalue weighted by atomic mass is 79.9. The molecule has 2 amide bonds. The summed E-state index contributed by atoms with van der Waals surface area (Å²) in [4.78, 5) is 59.7. The van der Waals surface area contributed by atoms with Crippen LogP contribution in [0.4, 0.5) is 11.6 Å². The summed E-state index contributed by atoms with van der Waals surface area (Å²) in [6, 6.07) is 9.89. The van der Waals surface area contributed by atoms with Crippen LogP contribution in [-0.4, -0.2) is 103 Å². The molecule has 18 nitrogen and oxygen atoms in total. The molecule has 0 bridgehead atoms. The highest BCUT2D eigenvalue weighted by Crippen LogP contribution is 2.33. The topological polar surface area (TPSA) is 216 Å². The third-order valence-electron chi connectivity index (χ3n) is 11.7. The van der Waals surface area contributed by atoms with Gasteiger partial charge < -0.3 is 24.3 Å². The van der Waals surface area contributed by atoms with Gasteiger partial charge in [0.15, 0.2) is 0 Å². The maximum absolute atomic E-state index is 13.3. The van der Waals surface area contributed by atoms with E-state index in [0.717, 1.165) is 60.6 Å². The van der Waals surface area contributed by atoms with Crippen LogP contribution in [0.5, 0.6) is 0 Å². The Morgan fingerprint density at radius 1 is 0.844 bits per heavy atom. The minimum Gasteiger partial charge on any atom is -0.379 e. The smallest absolute Gasteiger partial charge is 0.329 e. The second kappa shape index (κ2) is 21.4. The van der Waals surface area contributed by atoms with Gasteiger partial charge in [-0.1, -0.05) is 18.9 Å². The number of ether oxygens (including phenoxy) is 4. The number of nitrogens with zero attached hydrogens (tertiary/aromatic N) is 5. The molecule has 1 unspecified atom stereocenters. The molecule has 1 saturated heterocycles. The minimum absolute atomic E-state index is 0.0793. The molecule has 1 saturated carbocycles. The predicted molar refractivity (Wildman–Crippen MR) is 244 cm³/mol. The number of imidazole rings is 1. The molecule has 3 aromatic heterocycles. The maximum Gasteiger partial charge on any atom is 0.329 e. The number of pyridine rings is 1. The van der Waals surface area contributed by atoms with Crippen molar-refractivity contribution in [2.45, 2.75) is 82.2 Å². The van der Waals surface area contributed by atoms with Crippen LogP contribution in [0.15, 0.2) is 61.6 Å². The molecule has 7 rings (SSSR count). The zero-order chi connectivity index (χ0) is 45.4. The summed E-state index contributed by atoms with van der Waals surface area (Å²) in [5, 5.41) is 6.33. The Kier molecular flexibility index (Phi) is 15.8. The monoisotopic (exact) mass is 966 g/mol. The number of amides is 2. The minimum atomic E-state index is -3.79. The van der Waals surface area contributed by atoms with Gasteiger partial charge in [0, 0.05) is 49.9 Å². The molecule has 1 aliphatic heterocycles. The van der Waals surface area contributed by atoms with Crippen molar-refractivity contribution in [2.75, 3.05) is 64.7 Å². The molecule has 2 aliphatic rings. The first-order chi connectivity index (χ1) is 30.8. The highest BCUT2D eigenvalue weighted by Gasteiger charge is 2.31. The number of nitrogens with one attached hydrogen (secondary N) is 3. The van der Waals surface area contributed by atoms with Gasteiger partial charge in [-0.2, -0.15) is 4.98 Å². The van der Waals surface area contributed by atoms with Crippen molar-refractivity contribution in [3.63, 3.8) is 0 Å². The number of carbonyl (C=O) groups is 2. The van der Waals surface area contributed by atoms with E-state index in [4.69, 9.17) is 23.9 Å². The summed E-state index contributed by atoms with van der Waals surface area (Å²) in [7, 11) is -2.11. The average Bonchev–Trinajstić information content (AvgIpc) is 3.89. The number of benzene rings is 2. The molecule has 1 aliphatic carbocycles. The van der Waals surface area contributed by atoms with E-state index >= 15 is 0 Å². The molecule has 64 heavy (non-hydrogen) atoms. The number of sulfonamides is 1. The first-order valence-corrected chi connectivity index (χ1v) is 23.9. The zero-order valence-corrected chi connectivity index (χ0v) is 38.7. The second-order valence-corrected chi connectivity index (χ2v) is 18.6. The van der Waals surface area contributed by atoms with Crippen molar-refractivity contribution < 1.29 is 37.0 Å². The van der Waals surface area contributed by atoms with E-state index in [-0.39, 0.29) is 47.7 Å². The number of hydrogen-bond acceptors (Lipinski definition) is 13. The summed E-state index contributed by atoms with van der Waals surface area (Å²) in [5.74, 6) is -0.462. The number of anilines is 2.